The van der Waals surface area contributed by atoms with E-state index < -0.39 is 31.3 Å². The Morgan fingerprint density at radius 2 is 0.870 bits per heavy atom. The smallest absolute Gasteiger partial charge is 0.269 e. The lowest BCUT2D eigenvalue weighted by Crippen LogP contribution is -2.34. The minimum atomic E-state index is -1.31. The number of carbonyl (C=O) groups excluding carboxylic acids is 2. The highest BCUT2D eigenvalue weighted by atomic mass is 35.5. The summed E-state index contributed by atoms with van der Waals surface area (Å²) < 4.78 is 11.5. The van der Waals surface area contributed by atoms with Crippen molar-refractivity contribution in [2.24, 2.45) is 0 Å². The number of aromatic nitrogens is 1. The molecule has 2 amide bonds. The van der Waals surface area contributed by atoms with E-state index in [-0.39, 0.29) is 37.6 Å². The monoisotopic (exact) mass is 811 g/mol. The molecule has 4 aromatic carbocycles. The standard InChI is InChI=1S/C37H29Cl4N5O8/c38-34(39)36(47)43(20-24-2-11-30(12-3-24)53-32-15-7-28(8-16-32)45(49)50)22-26-1-6-27(42-19-26)23-44(37(48)35(40)41)21-25-4-13-31(14-5-25)54-33-17-9-29(10-18-33)46(51)52/h1-19,34-35H,20-23H2. The van der Waals surface area contributed by atoms with E-state index in [0.717, 1.165) is 11.1 Å². The molecule has 1 aromatic heterocycles. The van der Waals surface area contributed by atoms with Gasteiger partial charge in [-0.15, -0.1) is 0 Å². The quantitative estimate of drug-likeness (QED) is 0.0538. The predicted molar refractivity (Wildman–Crippen MR) is 203 cm³/mol. The van der Waals surface area contributed by atoms with Gasteiger partial charge in [0.05, 0.1) is 22.1 Å². The normalized spacial score (nSPS) is 10.9. The van der Waals surface area contributed by atoms with Gasteiger partial charge in [-0.1, -0.05) is 76.7 Å². The van der Waals surface area contributed by atoms with Crippen molar-refractivity contribution in [1.82, 2.24) is 14.8 Å². The number of hydrogen-bond acceptors (Lipinski definition) is 9. The van der Waals surface area contributed by atoms with E-state index in [1.54, 1.807) is 66.9 Å². The third kappa shape index (κ3) is 11.3. The second kappa shape index (κ2) is 18.5. The van der Waals surface area contributed by atoms with E-state index in [9.17, 15) is 29.8 Å². The van der Waals surface area contributed by atoms with Crippen LogP contribution in [0.3, 0.4) is 0 Å². The van der Waals surface area contributed by atoms with E-state index in [1.807, 2.05) is 0 Å². The Morgan fingerprint density at radius 1 is 0.537 bits per heavy atom. The lowest BCUT2D eigenvalue weighted by atomic mass is 10.1. The van der Waals surface area contributed by atoms with Crippen molar-refractivity contribution in [2.45, 2.75) is 35.9 Å². The molecular formula is C37H29Cl4N5O8. The van der Waals surface area contributed by atoms with Gasteiger partial charge in [0, 0.05) is 50.1 Å². The summed E-state index contributed by atoms with van der Waals surface area (Å²) in [5, 5.41) is 21.8. The van der Waals surface area contributed by atoms with Crippen molar-refractivity contribution in [1.29, 1.82) is 0 Å². The second-order valence-electron chi connectivity index (χ2n) is 11.6. The van der Waals surface area contributed by atoms with Crippen molar-refractivity contribution in [2.75, 3.05) is 0 Å². The summed E-state index contributed by atoms with van der Waals surface area (Å²) >= 11 is 23.9. The summed E-state index contributed by atoms with van der Waals surface area (Å²) in [5.74, 6) is 0.797. The zero-order valence-electron chi connectivity index (χ0n) is 28.0. The molecule has 13 nitrogen and oxygen atoms in total. The molecule has 0 aliphatic rings. The maximum Gasteiger partial charge on any atom is 0.269 e. The van der Waals surface area contributed by atoms with Gasteiger partial charge >= 0.3 is 0 Å². The average molecular weight is 813 g/mol. The van der Waals surface area contributed by atoms with Crippen LogP contribution < -0.4 is 9.47 Å². The van der Waals surface area contributed by atoms with E-state index in [1.165, 1.54) is 58.3 Å². The van der Waals surface area contributed by atoms with Crippen LogP contribution in [0.5, 0.6) is 23.0 Å². The van der Waals surface area contributed by atoms with Gasteiger partial charge in [-0.2, -0.15) is 0 Å². The Labute approximate surface area is 328 Å². The zero-order chi connectivity index (χ0) is 38.8. The SMILES string of the molecule is O=C(C(Cl)Cl)N(Cc1ccc(Oc2ccc([N+](=O)[O-])cc2)cc1)Cc1ccc(CN(Cc2ccc(Oc3ccc([N+](=O)[O-])cc3)cc2)C(=O)C(Cl)Cl)nc1. The summed E-state index contributed by atoms with van der Waals surface area (Å²) in [6.45, 7) is 0.536. The lowest BCUT2D eigenvalue weighted by molar-refractivity contribution is -0.385. The molecular weight excluding hydrogens is 784 g/mol. The number of ether oxygens (including phenoxy) is 2. The van der Waals surface area contributed by atoms with Gasteiger partial charge in [-0.3, -0.25) is 34.8 Å². The first-order chi connectivity index (χ1) is 25.8. The molecule has 0 bridgehead atoms. The first kappa shape index (κ1) is 39.7. The number of nitro benzene ring substituents is 2. The maximum atomic E-state index is 13.0. The average Bonchev–Trinajstić information content (AvgIpc) is 3.16. The first-order valence-corrected chi connectivity index (χ1v) is 17.7. The molecule has 0 spiro atoms. The summed E-state index contributed by atoms with van der Waals surface area (Å²) in [6, 6.07) is 28.8. The Kier molecular flexibility index (Phi) is 13.6. The molecule has 0 unspecified atom stereocenters. The Bertz CT molecular complexity index is 1920. The molecule has 17 heteroatoms. The van der Waals surface area contributed by atoms with Crippen molar-refractivity contribution < 1.29 is 28.9 Å². The fourth-order valence-corrected chi connectivity index (χ4v) is 5.62. The number of alkyl halides is 4. The number of benzene rings is 4. The topological polar surface area (TPSA) is 158 Å². The number of halogens is 4. The molecule has 1 heterocycles. The van der Waals surface area contributed by atoms with Crippen LogP contribution in [0.25, 0.3) is 0 Å². The number of carbonyl (C=O) groups is 2. The third-order valence-corrected chi connectivity index (χ3v) is 8.52. The molecule has 54 heavy (non-hydrogen) atoms. The number of nitrogens with zero attached hydrogens (tertiary/aromatic N) is 5. The number of pyridine rings is 1. The van der Waals surface area contributed by atoms with Gasteiger partial charge in [-0.05, 0) is 71.3 Å². The minimum Gasteiger partial charge on any atom is -0.457 e. The summed E-state index contributed by atoms with van der Waals surface area (Å²) in [4.78, 5) is 51.6. The van der Waals surface area contributed by atoms with Crippen LogP contribution in [0.1, 0.15) is 22.4 Å². The van der Waals surface area contributed by atoms with Crippen molar-refractivity contribution in [3.63, 3.8) is 0 Å². The van der Waals surface area contributed by atoms with Crippen LogP contribution in [-0.4, -0.2) is 46.1 Å². The van der Waals surface area contributed by atoms with E-state index in [0.29, 0.717) is 34.3 Å². The number of amides is 2. The summed E-state index contributed by atoms with van der Waals surface area (Å²) in [6.07, 6.45) is 1.58. The molecule has 0 saturated carbocycles. The highest BCUT2D eigenvalue weighted by molar-refractivity contribution is 6.53. The lowest BCUT2D eigenvalue weighted by Gasteiger charge is -2.25. The number of non-ortho nitro benzene ring substituents is 2. The molecule has 278 valence electrons. The van der Waals surface area contributed by atoms with Crippen LogP contribution in [0.15, 0.2) is 115 Å². The fourth-order valence-electron chi connectivity index (χ4n) is 5.07. The largest absolute Gasteiger partial charge is 0.457 e. The summed E-state index contributed by atoms with van der Waals surface area (Å²) in [5.41, 5.74) is 2.62. The van der Waals surface area contributed by atoms with Gasteiger partial charge in [0.1, 0.15) is 23.0 Å². The number of rotatable bonds is 16. The second-order valence-corrected chi connectivity index (χ2v) is 13.8. The summed E-state index contributed by atoms with van der Waals surface area (Å²) in [7, 11) is 0. The van der Waals surface area contributed by atoms with Gasteiger partial charge in [0.15, 0.2) is 9.67 Å². The van der Waals surface area contributed by atoms with Crippen LogP contribution in [0, 0.1) is 20.2 Å². The Morgan fingerprint density at radius 3 is 1.20 bits per heavy atom. The zero-order valence-corrected chi connectivity index (χ0v) is 31.0. The van der Waals surface area contributed by atoms with Crippen LogP contribution in [0.4, 0.5) is 11.4 Å². The molecule has 0 saturated heterocycles. The highest BCUT2D eigenvalue weighted by Gasteiger charge is 2.23. The molecule has 0 radical (unpaired) electrons. The van der Waals surface area contributed by atoms with E-state index in [4.69, 9.17) is 55.9 Å². The molecule has 0 atom stereocenters. The number of nitro groups is 2. The van der Waals surface area contributed by atoms with Gasteiger partial charge in [0.25, 0.3) is 23.2 Å². The van der Waals surface area contributed by atoms with Crippen LogP contribution >= 0.6 is 46.4 Å². The fraction of sp³-hybridized carbons (Fsp3) is 0.162. The molecule has 0 aliphatic heterocycles. The predicted octanol–water partition coefficient (Wildman–Crippen LogP) is 9.15. The van der Waals surface area contributed by atoms with Crippen LogP contribution in [0.2, 0.25) is 0 Å². The van der Waals surface area contributed by atoms with E-state index in [2.05, 4.69) is 4.98 Å². The highest BCUT2D eigenvalue weighted by Crippen LogP contribution is 2.27. The Hall–Kier alpha value is -5.47. The maximum absolute atomic E-state index is 13.0. The first-order valence-electron chi connectivity index (χ1n) is 15.9. The van der Waals surface area contributed by atoms with Crippen molar-refractivity contribution in [3.05, 3.63) is 158 Å². The van der Waals surface area contributed by atoms with Gasteiger partial charge in [-0.25, -0.2) is 0 Å². The van der Waals surface area contributed by atoms with E-state index >= 15 is 0 Å². The molecule has 0 aliphatic carbocycles. The third-order valence-electron chi connectivity index (χ3n) is 7.77. The molecule has 0 N–H and O–H groups in total. The molecule has 5 aromatic rings. The number of hydrogen-bond donors (Lipinski definition) is 0. The van der Waals surface area contributed by atoms with Crippen molar-refractivity contribution >= 4 is 69.6 Å². The molecule has 0 fully saturated rings. The Balaban J connectivity index is 1.21. The van der Waals surface area contributed by atoms with Gasteiger partial charge in [0.2, 0.25) is 0 Å². The van der Waals surface area contributed by atoms with Crippen molar-refractivity contribution in [3.8, 4) is 23.0 Å². The molecule has 5 rings (SSSR count). The van der Waals surface area contributed by atoms with Crippen LogP contribution in [-0.2, 0) is 35.8 Å². The minimum absolute atomic E-state index is 0.0490. The van der Waals surface area contributed by atoms with Gasteiger partial charge < -0.3 is 19.3 Å².